The fourth-order valence-electron chi connectivity index (χ4n) is 1.22. The highest BCUT2D eigenvalue weighted by Gasteiger charge is 2.11. The van der Waals surface area contributed by atoms with Crippen LogP contribution >= 0.6 is 0 Å². The number of carbonyl (C=O) groups excluding carboxylic acids is 2. The van der Waals surface area contributed by atoms with Crippen LogP contribution in [0.4, 0.5) is 0 Å². The van der Waals surface area contributed by atoms with Crippen molar-refractivity contribution >= 4 is 23.2 Å². The van der Waals surface area contributed by atoms with Gasteiger partial charge < -0.3 is 10.2 Å². The Bertz CT molecular complexity index is 516. The highest BCUT2D eigenvalue weighted by atomic mass is 16.3. The number of amides is 1. The summed E-state index contributed by atoms with van der Waals surface area (Å²) in [6, 6.07) is 1.50. The van der Waals surface area contributed by atoms with E-state index in [0.29, 0.717) is 17.3 Å². The molecule has 1 amide bonds. The van der Waals surface area contributed by atoms with Gasteiger partial charge >= 0.3 is 0 Å². The van der Waals surface area contributed by atoms with Crippen LogP contribution in [0.25, 0.3) is 11.0 Å². The number of nitrogens with zero attached hydrogens (tertiary/aromatic N) is 1. The normalized spacial score (nSPS) is 10.3. The number of aldehydes is 1. The van der Waals surface area contributed by atoms with E-state index in [-0.39, 0.29) is 11.3 Å². The van der Waals surface area contributed by atoms with E-state index in [0.717, 1.165) is 0 Å². The van der Waals surface area contributed by atoms with E-state index in [2.05, 4.69) is 4.98 Å². The van der Waals surface area contributed by atoms with Gasteiger partial charge in [0.15, 0.2) is 17.6 Å². The van der Waals surface area contributed by atoms with Gasteiger partial charge in [0, 0.05) is 17.8 Å². The van der Waals surface area contributed by atoms with Gasteiger partial charge in [0.2, 0.25) is 0 Å². The highest BCUT2D eigenvalue weighted by molar-refractivity contribution is 6.04. The largest absolute Gasteiger partial charge is 0.452 e. The van der Waals surface area contributed by atoms with Crippen LogP contribution in [0.1, 0.15) is 20.9 Å². The lowest BCUT2D eigenvalue weighted by molar-refractivity contribution is 0.0999. The van der Waals surface area contributed by atoms with Crippen molar-refractivity contribution in [2.24, 2.45) is 5.73 Å². The maximum Gasteiger partial charge on any atom is 0.254 e. The average molecular weight is 190 g/mol. The summed E-state index contributed by atoms with van der Waals surface area (Å²) in [4.78, 5) is 25.2. The van der Waals surface area contributed by atoms with Crippen molar-refractivity contribution in [1.82, 2.24) is 4.98 Å². The van der Waals surface area contributed by atoms with Crippen LogP contribution in [0.5, 0.6) is 0 Å². The molecule has 0 aromatic carbocycles. The van der Waals surface area contributed by atoms with Crippen molar-refractivity contribution < 1.29 is 14.0 Å². The Kier molecular flexibility index (Phi) is 1.78. The molecule has 0 atom stereocenters. The maximum absolute atomic E-state index is 10.9. The SMILES string of the molecule is NC(=O)c1cncc2cc(C=O)oc12. The Labute approximate surface area is 78.5 Å². The lowest BCUT2D eigenvalue weighted by atomic mass is 10.2. The van der Waals surface area contributed by atoms with Gasteiger partial charge in [-0.25, -0.2) is 0 Å². The van der Waals surface area contributed by atoms with Crippen molar-refractivity contribution in [2.75, 3.05) is 0 Å². The quantitative estimate of drug-likeness (QED) is 0.707. The van der Waals surface area contributed by atoms with E-state index < -0.39 is 5.91 Å². The van der Waals surface area contributed by atoms with E-state index in [1.165, 1.54) is 18.5 Å². The van der Waals surface area contributed by atoms with E-state index in [1.807, 2.05) is 0 Å². The number of pyridine rings is 1. The molecule has 0 aliphatic carbocycles. The zero-order valence-electron chi connectivity index (χ0n) is 7.06. The minimum atomic E-state index is -0.630. The first-order valence-electron chi connectivity index (χ1n) is 3.85. The monoisotopic (exact) mass is 190 g/mol. The summed E-state index contributed by atoms with van der Waals surface area (Å²) in [5.41, 5.74) is 5.58. The second kappa shape index (κ2) is 2.95. The Hall–Kier alpha value is -2.17. The molecular weight excluding hydrogens is 184 g/mol. The Morgan fingerprint density at radius 1 is 1.50 bits per heavy atom. The first-order chi connectivity index (χ1) is 6.72. The number of rotatable bonds is 2. The minimum Gasteiger partial charge on any atom is -0.452 e. The summed E-state index contributed by atoms with van der Waals surface area (Å²) in [5.74, 6) is -0.481. The second-order valence-corrected chi connectivity index (χ2v) is 2.74. The van der Waals surface area contributed by atoms with Crippen molar-refractivity contribution in [3.8, 4) is 0 Å². The molecule has 5 nitrogen and oxygen atoms in total. The highest BCUT2D eigenvalue weighted by Crippen LogP contribution is 2.20. The van der Waals surface area contributed by atoms with E-state index in [4.69, 9.17) is 10.2 Å². The fraction of sp³-hybridized carbons (Fsp3) is 0. The van der Waals surface area contributed by atoms with Gasteiger partial charge in [-0.2, -0.15) is 0 Å². The lowest BCUT2D eigenvalue weighted by Gasteiger charge is -1.94. The van der Waals surface area contributed by atoms with Gasteiger partial charge in [0.05, 0.1) is 0 Å². The van der Waals surface area contributed by atoms with E-state index in [1.54, 1.807) is 0 Å². The Morgan fingerprint density at radius 3 is 2.93 bits per heavy atom. The molecule has 2 aromatic rings. The first-order valence-corrected chi connectivity index (χ1v) is 3.85. The van der Waals surface area contributed by atoms with Crippen LogP contribution in [-0.2, 0) is 0 Å². The third-order valence-electron chi connectivity index (χ3n) is 1.82. The topological polar surface area (TPSA) is 86.2 Å². The van der Waals surface area contributed by atoms with Crippen molar-refractivity contribution in [2.45, 2.75) is 0 Å². The molecule has 0 fully saturated rings. The number of primary amides is 1. The number of furan rings is 1. The predicted molar refractivity (Wildman–Crippen MR) is 47.9 cm³/mol. The summed E-state index contributed by atoms with van der Waals surface area (Å²) < 4.78 is 5.10. The molecule has 0 aliphatic rings. The van der Waals surface area contributed by atoms with Crippen LogP contribution < -0.4 is 5.73 Å². The summed E-state index contributed by atoms with van der Waals surface area (Å²) in [5, 5.41) is 0.586. The van der Waals surface area contributed by atoms with E-state index in [9.17, 15) is 9.59 Å². The van der Waals surface area contributed by atoms with Gasteiger partial charge in [-0.15, -0.1) is 0 Å². The summed E-state index contributed by atoms with van der Waals surface area (Å²) >= 11 is 0. The second-order valence-electron chi connectivity index (χ2n) is 2.74. The lowest BCUT2D eigenvalue weighted by Crippen LogP contribution is -2.11. The van der Waals surface area contributed by atoms with Gasteiger partial charge in [0.25, 0.3) is 5.91 Å². The molecule has 0 radical (unpaired) electrons. The molecule has 2 aromatic heterocycles. The van der Waals surface area contributed by atoms with Gasteiger partial charge in [-0.1, -0.05) is 0 Å². The number of hydrogen-bond donors (Lipinski definition) is 1. The molecular formula is C9H6N2O3. The van der Waals surface area contributed by atoms with Gasteiger partial charge in [0.1, 0.15) is 5.56 Å². The number of aromatic nitrogens is 1. The molecule has 0 unspecified atom stereocenters. The molecule has 0 saturated heterocycles. The molecule has 0 aliphatic heterocycles. The number of hydrogen-bond acceptors (Lipinski definition) is 4. The van der Waals surface area contributed by atoms with Gasteiger partial charge in [-0.3, -0.25) is 14.6 Å². The third-order valence-corrected chi connectivity index (χ3v) is 1.82. The molecule has 2 rings (SSSR count). The Morgan fingerprint density at radius 2 is 2.29 bits per heavy atom. The fourth-order valence-corrected chi connectivity index (χ4v) is 1.22. The number of fused-ring (bicyclic) bond motifs is 1. The summed E-state index contributed by atoms with van der Waals surface area (Å²) in [6.45, 7) is 0. The number of nitrogens with two attached hydrogens (primary N) is 1. The van der Waals surface area contributed by atoms with Crippen molar-refractivity contribution in [3.05, 3.63) is 29.8 Å². The molecule has 0 spiro atoms. The molecule has 0 saturated carbocycles. The first kappa shape index (κ1) is 8.43. The molecule has 0 bridgehead atoms. The predicted octanol–water partition coefficient (Wildman–Crippen LogP) is 0.739. The average Bonchev–Trinajstić information content (AvgIpc) is 2.59. The standard InChI is InChI=1S/C9H6N2O3/c10-9(13)7-3-11-2-5-1-6(4-12)14-8(5)7/h1-4H,(H2,10,13). The molecule has 14 heavy (non-hydrogen) atoms. The third kappa shape index (κ3) is 1.15. The summed E-state index contributed by atoms with van der Waals surface area (Å²) in [6.07, 6.45) is 3.37. The number of carbonyl (C=O) groups is 2. The van der Waals surface area contributed by atoms with Crippen LogP contribution in [0.3, 0.4) is 0 Å². The Balaban J connectivity index is 2.79. The van der Waals surface area contributed by atoms with Gasteiger partial charge in [-0.05, 0) is 6.07 Å². The molecule has 70 valence electrons. The van der Waals surface area contributed by atoms with Crippen LogP contribution in [0.15, 0.2) is 22.9 Å². The molecule has 5 heteroatoms. The summed E-state index contributed by atoms with van der Waals surface area (Å²) in [7, 11) is 0. The van der Waals surface area contributed by atoms with Crippen LogP contribution in [-0.4, -0.2) is 17.2 Å². The molecule has 2 heterocycles. The smallest absolute Gasteiger partial charge is 0.254 e. The van der Waals surface area contributed by atoms with E-state index >= 15 is 0 Å². The van der Waals surface area contributed by atoms with Crippen molar-refractivity contribution in [3.63, 3.8) is 0 Å². The molecule has 2 N–H and O–H groups in total. The van der Waals surface area contributed by atoms with Crippen LogP contribution in [0.2, 0.25) is 0 Å². The zero-order chi connectivity index (χ0) is 10.1. The zero-order valence-corrected chi connectivity index (χ0v) is 7.06. The van der Waals surface area contributed by atoms with Crippen LogP contribution in [0, 0.1) is 0 Å². The van der Waals surface area contributed by atoms with Crippen molar-refractivity contribution in [1.29, 1.82) is 0 Å². The maximum atomic E-state index is 10.9. The minimum absolute atomic E-state index is 0.149.